The Balaban J connectivity index is 1.40. The summed E-state index contributed by atoms with van der Waals surface area (Å²) >= 11 is 0.658. The van der Waals surface area contributed by atoms with Crippen molar-refractivity contribution < 1.29 is 46.2 Å². The van der Waals surface area contributed by atoms with Gasteiger partial charge >= 0.3 is 5.97 Å². The molecule has 3 aliphatic rings. The molecule has 3 saturated carbocycles. The van der Waals surface area contributed by atoms with E-state index in [1.807, 2.05) is 27.7 Å². The molecular formula is C31H35F5N4O5S. The van der Waals surface area contributed by atoms with Gasteiger partial charge in [-0.25, -0.2) is 22.0 Å². The molecule has 1 heterocycles. The van der Waals surface area contributed by atoms with Crippen molar-refractivity contribution in [2.24, 2.45) is 34.0 Å². The predicted molar refractivity (Wildman–Crippen MR) is 156 cm³/mol. The fourth-order valence-corrected chi connectivity index (χ4v) is 8.84. The highest BCUT2D eigenvalue weighted by atomic mass is 32.2. The Bertz CT molecular complexity index is 1610. The van der Waals surface area contributed by atoms with Gasteiger partial charge in [-0.05, 0) is 42.9 Å². The molecule has 2 aromatic rings. The minimum Gasteiger partial charge on any atom is -0.461 e. The molecule has 2 bridgehead atoms. The molecule has 3 N–H and O–H groups in total. The number of ketones is 1. The Kier molecular flexibility index (Phi) is 8.67. The number of carbonyl (C=O) groups is 3. The first-order valence-electron chi connectivity index (χ1n) is 14.9. The summed E-state index contributed by atoms with van der Waals surface area (Å²) in [6, 6.07) is 0. The number of halogens is 5. The summed E-state index contributed by atoms with van der Waals surface area (Å²) in [6.07, 6.45) is 2.80. The van der Waals surface area contributed by atoms with E-state index in [0.29, 0.717) is 24.6 Å². The average molecular weight is 671 g/mol. The van der Waals surface area contributed by atoms with E-state index in [1.165, 1.54) is 0 Å². The maximum Gasteiger partial charge on any atom is 0.316 e. The van der Waals surface area contributed by atoms with Gasteiger partial charge in [0.1, 0.15) is 17.5 Å². The zero-order valence-corrected chi connectivity index (χ0v) is 26.5. The molecule has 0 aliphatic heterocycles. The number of thioether (sulfide) groups is 1. The summed E-state index contributed by atoms with van der Waals surface area (Å²) in [5.74, 6) is -16.0. The number of aromatic nitrogens is 3. The van der Waals surface area contributed by atoms with Crippen molar-refractivity contribution in [3.63, 3.8) is 0 Å². The van der Waals surface area contributed by atoms with Gasteiger partial charge in [-0.15, -0.1) is 11.7 Å². The van der Waals surface area contributed by atoms with Crippen LogP contribution in [0.15, 0.2) is 17.8 Å². The fraction of sp³-hybridized carbons (Fsp3) is 0.581. The number of nitrogens with two attached hydrogens (primary N) is 1. The molecule has 9 nitrogen and oxygen atoms in total. The van der Waals surface area contributed by atoms with Gasteiger partial charge in [-0.2, -0.15) is 9.67 Å². The van der Waals surface area contributed by atoms with Crippen LogP contribution in [0.2, 0.25) is 0 Å². The van der Waals surface area contributed by atoms with E-state index in [-0.39, 0.29) is 33.9 Å². The maximum atomic E-state index is 14.2. The van der Waals surface area contributed by atoms with Gasteiger partial charge in [0.2, 0.25) is 16.9 Å². The smallest absolute Gasteiger partial charge is 0.316 e. The number of anilines is 1. The molecule has 1 aromatic heterocycles. The number of ether oxygens (including phenoxy) is 1. The fourth-order valence-electron chi connectivity index (χ4n) is 8.23. The molecule has 0 saturated heterocycles. The second-order valence-electron chi connectivity index (χ2n) is 13.3. The number of hydrogen-bond donors (Lipinski definition) is 2. The van der Waals surface area contributed by atoms with E-state index < -0.39 is 92.6 Å². The lowest BCUT2D eigenvalue weighted by Gasteiger charge is -2.61. The van der Waals surface area contributed by atoms with Crippen LogP contribution in [-0.4, -0.2) is 55.5 Å². The largest absolute Gasteiger partial charge is 0.461 e. The van der Waals surface area contributed by atoms with Gasteiger partial charge in [0.25, 0.3) is 5.91 Å². The predicted octanol–water partition coefficient (Wildman–Crippen LogP) is 5.24. The molecule has 0 radical (unpaired) electrons. The lowest BCUT2D eigenvalue weighted by atomic mass is 9.44. The second-order valence-corrected chi connectivity index (χ2v) is 14.2. The van der Waals surface area contributed by atoms with Gasteiger partial charge < -0.3 is 15.6 Å². The number of esters is 1. The Morgan fingerprint density at radius 1 is 1.11 bits per heavy atom. The summed E-state index contributed by atoms with van der Waals surface area (Å²) in [5.41, 5.74) is 1.82. The molecule has 5 rings (SSSR count). The van der Waals surface area contributed by atoms with Crippen LogP contribution in [0, 0.1) is 63.1 Å². The molecule has 46 heavy (non-hydrogen) atoms. The van der Waals surface area contributed by atoms with Gasteiger partial charge in [0, 0.05) is 23.2 Å². The zero-order valence-electron chi connectivity index (χ0n) is 25.7. The second kappa shape index (κ2) is 11.7. The highest BCUT2D eigenvalue weighted by Gasteiger charge is 2.68. The first-order chi connectivity index (χ1) is 21.4. The monoisotopic (exact) mass is 670 g/mol. The number of Topliss-reactive ketones (excluding diaryl/α,β-unsaturated/α-hetero) is 1. The topological polar surface area (TPSA) is 137 Å². The Morgan fingerprint density at radius 3 is 2.33 bits per heavy atom. The Labute approximate surface area is 266 Å². The van der Waals surface area contributed by atoms with E-state index in [9.17, 15) is 41.4 Å². The average Bonchev–Trinajstić information content (AvgIpc) is 3.58. The van der Waals surface area contributed by atoms with Crippen molar-refractivity contribution in [3.8, 4) is 0 Å². The van der Waals surface area contributed by atoms with E-state index in [0.717, 1.165) is 12.8 Å². The lowest BCUT2D eigenvalue weighted by Crippen LogP contribution is -2.63. The Morgan fingerprint density at radius 2 is 1.72 bits per heavy atom. The summed E-state index contributed by atoms with van der Waals surface area (Å²) in [5, 5.41) is 15.0. The molecule has 1 aromatic carbocycles. The summed E-state index contributed by atoms with van der Waals surface area (Å²) in [7, 11) is 0. The molecule has 15 heteroatoms. The van der Waals surface area contributed by atoms with Crippen molar-refractivity contribution in [1.29, 1.82) is 0 Å². The van der Waals surface area contributed by atoms with Crippen molar-refractivity contribution in [2.75, 3.05) is 11.5 Å². The van der Waals surface area contributed by atoms with E-state index in [1.54, 1.807) is 6.08 Å². The number of aliphatic hydroxyl groups is 1. The first kappa shape index (κ1) is 34.0. The quantitative estimate of drug-likeness (QED) is 0.106. The van der Waals surface area contributed by atoms with Crippen LogP contribution in [0.3, 0.4) is 0 Å². The molecule has 0 unspecified atom stereocenters. The third-order valence-corrected chi connectivity index (χ3v) is 11.9. The molecule has 250 valence electrons. The van der Waals surface area contributed by atoms with Crippen LogP contribution < -0.4 is 5.73 Å². The molecule has 0 spiro atoms. The minimum atomic E-state index is -2.44. The van der Waals surface area contributed by atoms with Crippen LogP contribution in [0.4, 0.5) is 27.9 Å². The van der Waals surface area contributed by atoms with Crippen LogP contribution >= 0.6 is 11.8 Å². The normalized spacial score (nSPS) is 34.0. The number of nitrogens with zero attached hydrogens (tertiary/aromatic N) is 3. The van der Waals surface area contributed by atoms with Crippen LogP contribution in [0.1, 0.15) is 70.2 Å². The molecule has 3 aliphatic carbocycles. The lowest BCUT2D eigenvalue weighted by molar-refractivity contribution is -0.205. The van der Waals surface area contributed by atoms with Gasteiger partial charge in [-0.3, -0.25) is 14.4 Å². The molecule has 8 atom stereocenters. The van der Waals surface area contributed by atoms with Crippen molar-refractivity contribution in [2.45, 2.75) is 77.2 Å². The highest BCUT2D eigenvalue weighted by molar-refractivity contribution is 7.99. The van der Waals surface area contributed by atoms with Gasteiger partial charge in [0.15, 0.2) is 23.3 Å². The van der Waals surface area contributed by atoms with Crippen molar-refractivity contribution in [3.05, 3.63) is 47.3 Å². The van der Waals surface area contributed by atoms with Gasteiger partial charge in [0.05, 0.1) is 11.9 Å². The van der Waals surface area contributed by atoms with Gasteiger partial charge in [-0.1, -0.05) is 45.5 Å². The van der Waals surface area contributed by atoms with E-state index in [2.05, 4.69) is 16.7 Å². The number of benzene rings is 1. The molecular weight excluding hydrogens is 635 g/mol. The molecule has 3 fully saturated rings. The highest BCUT2D eigenvalue weighted by Crippen LogP contribution is 2.68. The van der Waals surface area contributed by atoms with Crippen molar-refractivity contribution in [1.82, 2.24) is 14.8 Å². The first-order valence-corrected chi connectivity index (χ1v) is 15.9. The third kappa shape index (κ3) is 4.95. The number of hydrogen-bond acceptors (Lipinski definition) is 9. The van der Waals surface area contributed by atoms with E-state index >= 15 is 0 Å². The zero-order chi connectivity index (χ0) is 34.1. The third-order valence-electron chi connectivity index (χ3n) is 11.1. The summed E-state index contributed by atoms with van der Waals surface area (Å²) < 4.78 is 75.6. The summed E-state index contributed by atoms with van der Waals surface area (Å²) in [4.78, 5) is 43.4. The number of carbonyl (C=O) groups excluding carboxylic acids is 3. The SMILES string of the molecule is C=C[C@]1(C)C[C@@H](OC(=O)CSc2nc(N)n(C(=O)c3c(F)c(F)c(F)c(F)c3F)n2)[C@]2(C)[C@H](C)CC[C@]3(CCC(=O)[C@H]32)[C@@H](C)[C@@H]1O. The van der Waals surface area contributed by atoms with Crippen LogP contribution in [0.25, 0.3) is 0 Å². The minimum absolute atomic E-state index is 0.000242. The Hall–Kier alpha value is -3.33. The molecule has 0 amide bonds. The summed E-state index contributed by atoms with van der Waals surface area (Å²) in [6.45, 7) is 11.8. The van der Waals surface area contributed by atoms with Crippen LogP contribution in [-0.2, 0) is 14.3 Å². The maximum absolute atomic E-state index is 14.2. The van der Waals surface area contributed by atoms with Crippen molar-refractivity contribution >= 4 is 35.4 Å². The number of nitrogen functional groups attached to an aromatic ring is 1. The number of aliphatic hydroxyl groups excluding tert-OH is 1. The standard InChI is InChI=1S/C31H35F5N4O5S/c1-6-29(4)11-16(30(5)13(2)7-9-31(14(3)25(29)43)10-8-15(41)24(30)31)45-17(42)12-46-28-38-27(37)40(39-28)26(44)18-19(32)21(34)23(36)22(35)20(18)33/h6,13-14,16,24-25,43H,1,7-12H2,2-5H3,(H2,37,38,39)/t13-,14+,16-,24+,25+,29-,30+,31+/m1/s1. The van der Waals surface area contributed by atoms with Crippen LogP contribution in [0.5, 0.6) is 0 Å². The van der Waals surface area contributed by atoms with E-state index in [4.69, 9.17) is 10.5 Å². The number of rotatable bonds is 6.